The van der Waals surface area contributed by atoms with Gasteiger partial charge in [0.15, 0.2) is 0 Å². The smallest absolute Gasteiger partial charge is 0.108 e. The van der Waals surface area contributed by atoms with Crippen molar-refractivity contribution in [2.75, 3.05) is 0 Å². The molecule has 86 valence electrons. The minimum atomic E-state index is 0.708. The van der Waals surface area contributed by atoms with E-state index in [0.29, 0.717) is 5.56 Å². The molecule has 0 N–H and O–H groups in total. The summed E-state index contributed by atoms with van der Waals surface area (Å²) in [6, 6.07) is 9.87. The number of hydrogen-bond acceptors (Lipinski definition) is 2. The minimum Gasteiger partial charge on any atom is -0.331 e. The second-order valence-corrected chi connectivity index (χ2v) is 4.03. The Bertz CT molecular complexity index is 534. The molecule has 0 aliphatic carbocycles. The molecule has 3 heteroatoms. The molecule has 0 fully saturated rings. The van der Waals surface area contributed by atoms with Crippen molar-refractivity contribution < 1.29 is 0 Å². The molecular formula is C14H15N3. The molecule has 0 amide bonds. The Kier molecular flexibility index (Phi) is 3.56. The van der Waals surface area contributed by atoms with E-state index in [1.165, 1.54) is 0 Å². The third kappa shape index (κ3) is 2.73. The maximum atomic E-state index is 8.86. The molecule has 0 saturated carbocycles. The maximum Gasteiger partial charge on any atom is 0.108 e. The Morgan fingerprint density at radius 3 is 3.06 bits per heavy atom. The zero-order valence-corrected chi connectivity index (χ0v) is 9.93. The molecule has 0 aliphatic heterocycles. The molecule has 0 bridgehead atoms. The summed E-state index contributed by atoms with van der Waals surface area (Å²) in [5.41, 5.74) is 1.85. The fourth-order valence-electron chi connectivity index (χ4n) is 1.87. The van der Waals surface area contributed by atoms with Crippen LogP contribution in [0.3, 0.4) is 0 Å². The van der Waals surface area contributed by atoms with E-state index in [-0.39, 0.29) is 0 Å². The van der Waals surface area contributed by atoms with Gasteiger partial charge in [0.25, 0.3) is 0 Å². The van der Waals surface area contributed by atoms with E-state index in [1.54, 1.807) is 0 Å². The molecule has 1 aromatic carbocycles. The van der Waals surface area contributed by atoms with E-state index in [4.69, 9.17) is 5.26 Å². The standard InChI is InChI=1S/C14H15N3/c1-2-4-14-16-7-8-17(14)11-13-6-3-5-12(9-13)10-15/h3,5-9H,2,4,11H2,1H3. The summed E-state index contributed by atoms with van der Waals surface area (Å²) in [4.78, 5) is 4.34. The molecule has 1 heterocycles. The highest BCUT2D eigenvalue weighted by molar-refractivity contribution is 5.32. The van der Waals surface area contributed by atoms with E-state index in [1.807, 2.05) is 36.7 Å². The van der Waals surface area contributed by atoms with Crippen LogP contribution in [-0.4, -0.2) is 9.55 Å². The summed E-state index contributed by atoms with van der Waals surface area (Å²) in [5, 5.41) is 8.86. The van der Waals surface area contributed by atoms with Crippen LogP contribution in [0, 0.1) is 11.3 Å². The van der Waals surface area contributed by atoms with Crippen molar-refractivity contribution in [3.63, 3.8) is 0 Å². The number of hydrogen-bond donors (Lipinski definition) is 0. The molecule has 0 atom stereocenters. The van der Waals surface area contributed by atoms with Crippen molar-refractivity contribution in [3.8, 4) is 6.07 Å². The van der Waals surface area contributed by atoms with Crippen molar-refractivity contribution in [1.29, 1.82) is 5.26 Å². The highest BCUT2D eigenvalue weighted by atomic mass is 15.1. The quantitative estimate of drug-likeness (QED) is 0.802. The average Bonchev–Trinajstić information content (AvgIpc) is 2.78. The normalized spacial score (nSPS) is 10.1. The van der Waals surface area contributed by atoms with Gasteiger partial charge in [0.05, 0.1) is 11.6 Å². The van der Waals surface area contributed by atoms with Gasteiger partial charge in [-0.25, -0.2) is 4.98 Å². The summed E-state index contributed by atoms with van der Waals surface area (Å²) in [7, 11) is 0. The van der Waals surface area contributed by atoms with Gasteiger partial charge in [-0.3, -0.25) is 0 Å². The molecule has 0 unspecified atom stereocenters. The lowest BCUT2D eigenvalue weighted by atomic mass is 10.1. The monoisotopic (exact) mass is 225 g/mol. The van der Waals surface area contributed by atoms with Gasteiger partial charge in [0.1, 0.15) is 5.82 Å². The Hall–Kier alpha value is -2.08. The number of nitrogens with zero attached hydrogens (tertiary/aromatic N) is 3. The molecule has 2 aromatic rings. The summed E-state index contributed by atoms with van der Waals surface area (Å²) >= 11 is 0. The third-order valence-electron chi connectivity index (χ3n) is 2.68. The second-order valence-electron chi connectivity index (χ2n) is 4.03. The van der Waals surface area contributed by atoms with Crippen molar-refractivity contribution in [3.05, 3.63) is 53.6 Å². The minimum absolute atomic E-state index is 0.708. The van der Waals surface area contributed by atoms with Crippen LogP contribution < -0.4 is 0 Å². The molecule has 1 aromatic heterocycles. The Morgan fingerprint density at radius 2 is 2.29 bits per heavy atom. The van der Waals surface area contributed by atoms with E-state index in [2.05, 4.69) is 22.5 Å². The fourth-order valence-corrected chi connectivity index (χ4v) is 1.87. The Balaban J connectivity index is 2.19. The lowest BCUT2D eigenvalue weighted by Gasteiger charge is -2.07. The van der Waals surface area contributed by atoms with Gasteiger partial charge < -0.3 is 4.57 Å². The fraction of sp³-hybridized carbons (Fsp3) is 0.286. The van der Waals surface area contributed by atoms with E-state index >= 15 is 0 Å². The molecule has 2 rings (SSSR count). The topological polar surface area (TPSA) is 41.6 Å². The number of rotatable bonds is 4. The SMILES string of the molecule is CCCc1nccn1Cc1cccc(C#N)c1. The molecule has 0 spiro atoms. The highest BCUT2D eigenvalue weighted by Gasteiger charge is 2.02. The first kappa shape index (κ1) is 11.4. The molecule has 3 nitrogen and oxygen atoms in total. The summed E-state index contributed by atoms with van der Waals surface area (Å²) < 4.78 is 2.14. The first-order valence-corrected chi connectivity index (χ1v) is 5.82. The van der Waals surface area contributed by atoms with Crippen LogP contribution in [0.25, 0.3) is 0 Å². The molecule has 17 heavy (non-hydrogen) atoms. The van der Waals surface area contributed by atoms with Gasteiger partial charge in [-0.2, -0.15) is 5.26 Å². The number of aromatic nitrogens is 2. The average molecular weight is 225 g/mol. The highest BCUT2D eigenvalue weighted by Crippen LogP contribution is 2.09. The van der Waals surface area contributed by atoms with E-state index < -0.39 is 0 Å². The largest absolute Gasteiger partial charge is 0.331 e. The first-order chi connectivity index (χ1) is 8.33. The third-order valence-corrected chi connectivity index (χ3v) is 2.68. The van der Waals surface area contributed by atoms with Crippen LogP contribution in [0.5, 0.6) is 0 Å². The van der Waals surface area contributed by atoms with Crippen LogP contribution in [-0.2, 0) is 13.0 Å². The zero-order valence-electron chi connectivity index (χ0n) is 9.93. The van der Waals surface area contributed by atoms with Crippen LogP contribution >= 0.6 is 0 Å². The van der Waals surface area contributed by atoms with Crippen molar-refractivity contribution in [1.82, 2.24) is 9.55 Å². The number of benzene rings is 1. The predicted molar refractivity (Wildman–Crippen MR) is 66.5 cm³/mol. The summed E-state index contributed by atoms with van der Waals surface area (Å²) in [6.07, 6.45) is 5.91. The lowest BCUT2D eigenvalue weighted by Crippen LogP contribution is -2.04. The van der Waals surface area contributed by atoms with Gasteiger partial charge >= 0.3 is 0 Å². The number of nitriles is 1. The number of imidazole rings is 1. The molecule has 0 saturated heterocycles. The lowest BCUT2D eigenvalue weighted by molar-refractivity contribution is 0.705. The summed E-state index contributed by atoms with van der Waals surface area (Å²) in [6.45, 7) is 2.93. The van der Waals surface area contributed by atoms with Gasteiger partial charge in [-0.05, 0) is 24.1 Å². The van der Waals surface area contributed by atoms with Gasteiger partial charge in [0, 0.05) is 25.4 Å². The molecule has 0 aliphatic rings. The molecular weight excluding hydrogens is 210 g/mol. The van der Waals surface area contributed by atoms with Crippen molar-refractivity contribution >= 4 is 0 Å². The van der Waals surface area contributed by atoms with E-state index in [0.717, 1.165) is 30.8 Å². The van der Waals surface area contributed by atoms with Crippen LogP contribution in [0.4, 0.5) is 0 Å². The predicted octanol–water partition coefficient (Wildman–Crippen LogP) is 2.76. The van der Waals surface area contributed by atoms with Crippen LogP contribution in [0.1, 0.15) is 30.3 Å². The van der Waals surface area contributed by atoms with Crippen molar-refractivity contribution in [2.45, 2.75) is 26.3 Å². The Morgan fingerprint density at radius 1 is 1.41 bits per heavy atom. The maximum absolute atomic E-state index is 8.86. The van der Waals surface area contributed by atoms with Gasteiger partial charge in [-0.1, -0.05) is 19.1 Å². The Labute approximate surface area is 101 Å². The zero-order chi connectivity index (χ0) is 12.1. The van der Waals surface area contributed by atoms with Crippen LogP contribution in [0.2, 0.25) is 0 Å². The van der Waals surface area contributed by atoms with Gasteiger partial charge in [0.2, 0.25) is 0 Å². The molecule has 0 radical (unpaired) electrons. The number of aryl methyl sites for hydroxylation is 1. The van der Waals surface area contributed by atoms with E-state index in [9.17, 15) is 0 Å². The first-order valence-electron chi connectivity index (χ1n) is 5.82. The van der Waals surface area contributed by atoms with Crippen molar-refractivity contribution in [2.24, 2.45) is 0 Å². The summed E-state index contributed by atoms with van der Waals surface area (Å²) in [5.74, 6) is 1.11. The second kappa shape index (κ2) is 5.31. The van der Waals surface area contributed by atoms with Gasteiger partial charge in [-0.15, -0.1) is 0 Å². The van der Waals surface area contributed by atoms with Crippen LogP contribution in [0.15, 0.2) is 36.7 Å².